The van der Waals surface area contributed by atoms with E-state index in [1.807, 2.05) is 43.1 Å². The van der Waals surface area contributed by atoms with E-state index in [-0.39, 0.29) is 11.9 Å². The van der Waals surface area contributed by atoms with Gasteiger partial charge in [-0.2, -0.15) is 0 Å². The van der Waals surface area contributed by atoms with Crippen molar-refractivity contribution in [3.63, 3.8) is 0 Å². The number of carbonyl (C=O) groups is 1. The molecule has 3 heteroatoms. The minimum Gasteiger partial charge on any atom is -0.387 e. The van der Waals surface area contributed by atoms with Crippen molar-refractivity contribution in [2.75, 3.05) is 18.9 Å². The van der Waals surface area contributed by atoms with Crippen molar-refractivity contribution in [1.82, 2.24) is 4.90 Å². The van der Waals surface area contributed by atoms with Gasteiger partial charge in [0.25, 0.3) is 5.91 Å². The smallest absolute Gasteiger partial charge is 0.256 e. The lowest BCUT2D eigenvalue weighted by atomic mass is 10.1. The second-order valence-corrected chi connectivity index (χ2v) is 4.14. The van der Waals surface area contributed by atoms with Crippen molar-refractivity contribution in [2.45, 2.75) is 33.2 Å². The summed E-state index contributed by atoms with van der Waals surface area (Å²) >= 11 is 0. The lowest BCUT2D eigenvalue weighted by Crippen LogP contribution is -2.38. The molecule has 1 amide bonds. The van der Waals surface area contributed by atoms with Gasteiger partial charge in [0.05, 0.1) is 5.56 Å². The average Bonchev–Trinajstić information content (AvgIpc) is 2.38. The van der Waals surface area contributed by atoms with Gasteiger partial charge in [-0.3, -0.25) is 4.79 Å². The maximum absolute atomic E-state index is 12.4. The largest absolute Gasteiger partial charge is 0.387 e. The number of para-hydroxylation sites is 1. The molecule has 1 unspecified atom stereocenters. The highest BCUT2D eigenvalue weighted by Crippen LogP contribution is 2.18. The molecule has 1 aromatic carbocycles. The monoisotopic (exact) mass is 234 g/mol. The number of amides is 1. The first-order chi connectivity index (χ1) is 8.15. The molecule has 17 heavy (non-hydrogen) atoms. The lowest BCUT2D eigenvalue weighted by Gasteiger charge is -2.28. The molecule has 0 bridgehead atoms. The number of nitrogens with zero attached hydrogens (tertiary/aromatic N) is 1. The van der Waals surface area contributed by atoms with E-state index in [4.69, 9.17) is 0 Å². The average molecular weight is 234 g/mol. The van der Waals surface area contributed by atoms with Crippen LogP contribution in [0.5, 0.6) is 0 Å². The van der Waals surface area contributed by atoms with Crippen LogP contribution in [0.3, 0.4) is 0 Å². The zero-order valence-corrected chi connectivity index (χ0v) is 11.2. The third kappa shape index (κ3) is 2.99. The molecule has 3 nitrogen and oxygen atoms in total. The van der Waals surface area contributed by atoms with Gasteiger partial charge in [-0.15, -0.1) is 0 Å². The van der Waals surface area contributed by atoms with Crippen LogP contribution in [0.4, 0.5) is 5.69 Å². The molecular formula is C14H22N2O. The minimum absolute atomic E-state index is 0.104. The quantitative estimate of drug-likeness (QED) is 0.849. The van der Waals surface area contributed by atoms with Crippen molar-refractivity contribution in [1.29, 1.82) is 0 Å². The molecule has 1 N–H and O–H groups in total. The molecule has 94 valence electrons. The summed E-state index contributed by atoms with van der Waals surface area (Å²) in [6.07, 6.45) is 0.974. The molecule has 0 saturated heterocycles. The second-order valence-electron chi connectivity index (χ2n) is 4.14. The molecule has 0 aromatic heterocycles. The van der Waals surface area contributed by atoms with Crippen LogP contribution in [-0.2, 0) is 0 Å². The van der Waals surface area contributed by atoms with Crippen LogP contribution in [0, 0.1) is 0 Å². The molecule has 1 rings (SSSR count). The van der Waals surface area contributed by atoms with Crippen molar-refractivity contribution in [2.24, 2.45) is 0 Å². The second kappa shape index (κ2) is 6.28. The summed E-state index contributed by atoms with van der Waals surface area (Å²) < 4.78 is 0. The van der Waals surface area contributed by atoms with Crippen molar-refractivity contribution >= 4 is 11.6 Å². The van der Waals surface area contributed by atoms with Gasteiger partial charge in [-0.1, -0.05) is 19.1 Å². The fourth-order valence-corrected chi connectivity index (χ4v) is 1.92. The Morgan fingerprint density at radius 3 is 2.53 bits per heavy atom. The fraction of sp³-hybridized carbons (Fsp3) is 0.500. The molecule has 0 spiro atoms. The minimum atomic E-state index is 0.104. The van der Waals surface area contributed by atoms with E-state index >= 15 is 0 Å². The number of hydrogen-bond donors (Lipinski definition) is 1. The maximum Gasteiger partial charge on any atom is 0.256 e. The van der Waals surface area contributed by atoms with Crippen molar-refractivity contribution in [3.8, 4) is 0 Å². The van der Waals surface area contributed by atoms with Gasteiger partial charge < -0.3 is 10.2 Å². The summed E-state index contributed by atoms with van der Waals surface area (Å²) in [7, 11) is 1.84. The van der Waals surface area contributed by atoms with Crippen LogP contribution in [0.1, 0.15) is 37.6 Å². The first-order valence-electron chi connectivity index (χ1n) is 6.23. The number of anilines is 1. The van der Waals surface area contributed by atoms with E-state index in [2.05, 4.69) is 19.2 Å². The molecule has 0 radical (unpaired) electrons. The summed E-state index contributed by atoms with van der Waals surface area (Å²) in [5, 5.41) is 3.06. The van der Waals surface area contributed by atoms with Gasteiger partial charge >= 0.3 is 0 Å². The summed E-state index contributed by atoms with van der Waals surface area (Å²) in [5.74, 6) is 0.104. The molecular weight excluding hydrogens is 212 g/mol. The Balaban J connectivity index is 3.01. The zero-order chi connectivity index (χ0) is 12.8. The first kappa shape index (κ1) is 13.6. The zero-order valence-electron chi connectivity index (χ0n) is 11.2. The van der Waals surface area contributed by atoms with Crippen LogP contribution >= 0.6 is 0 Å². The topological polar surface area (TPSA) is 32.3 Å². The van der Waals surface area contributed by atoms with Crippen LogP contribution in [-0.4, -0.2) is 30.4 Å². The van der Waals surface area contributed by atoms with E-state index in [0.29, 0.717) is 0 Å². The Bertz CT molecular complexity index is 376. The van der Waals surface area contributed by atoms with Crippen LogP contribution in [0.15, 0.2) is 24.3 Å². The predicted octanol–water partition coefficient (Wildman–Crippen LogP) is 2.99. The van der Waals surface area contributed by atoms with Gasteiger partial charge in [0.1, 0.15) is 0 Å². The molecule has 0 saturated carbocycles. The van der Waals surface area contributed by atoms with Crippen LogP contribution in [0.2, 0.25) is 0 Å². The number of rotatable bonds is 5. The molecule has 0 aliphatic carbocycles. The molecule has 1 aromatic rings. The molecule has 0 heterocycles. The van der Waals surface area contributed by atoms with E-state index in [1.165, 1.54) is 0 Å². The fourth-order valence-electron chi connectivity index (χ4n) is 1.92. The van der Waals surface area contributed by atoms with E-state index in [1.54, 1.807) is 0 Å². The standard InChI is InChI=1S/C14H22N2O/c1-5-11(3)16(6-2)14(17)12-9-7-8-10-13(12)15-4/h7-11,15H,5-6H2,1-4H3. The molecule has 0 aliphatic heterocycles. The third-order valence-corrected chi connectivity index (χ3v) is 3.15. The van der Waals surface area contributed by atoms with E-state index in [9.17, 15) is 4.79 Å². The highest BCUT2D eigenvalue weighted by Gasteiger charge is 2.20. The molecule has 0 aliphatic rings. The lowest BCUT2D eigenvalue weighted by molar-refractivity contribution is 0.0701. The Kier molecular flexibility index (Phi) is 5.01. The third-order valence-electron chi connectivity index (χ3n) is 3.15. The summed E-state index contributed by atoms with van der Waals surface area (Å²) in [6, 6.07) is 7.91. The SMILES string of the molecule is CCC(C)N(CC)C(=O)c1ccccc1NC. The maximum atomic E-state index is 12.4. The Morgan fingerprint density at radius 2 is 2.00 bits per heavy atom. The molecule has 1 atom stereocenters. The van der Waals surface area contributed by atoms with Gasteiger partial charge in [0.2, 0.25) is 0 Å². The van der Waals surface area contributed by atoms with Crippen molar-refractivity contribution in [3.05, 3.63) is 29.8 Å². The van der Waals surface area contributed by atoms with Gasteiger partial charge in [-0.05, 0) is 32.4 Å². The molecule has 0 fully saturated rings. The number of carbonyl (C=O) groups excluding carboxylic acids is 1. The van der Waals surface area contributed by atoms with Gasteiger partial charge in [0.15, 0.2) is 0 Å². The number of hydrogen-bond acceptors (Lipinski definition) is 2. The van der Waals surface area contributed by atoms with Crippen LogP contribution < -0.4 is 5.32 Å². The summed E-state index contributed by atoms with van der Waals surface area (Å²) in [5.41, 5.74) is 1.64. The van der Waals surface area contributed by atoms with Gasteiger partial charge in [-0.25, -0.2) is 0 Å². The number of benzene rings is 1. The number of nitrogens with one attached hydrogen (secondary N) is 1. The normalized spacial score (nSPS) is 12.0. The van der Waals surface area contributed by atoms with E-state index < -0.39 is 0 Å². The first-order valence-corrected chi connectivity index (χ1v) is 6.23. The highest BCUT2D eigenvalue weighted by molar-refractivity contribution is 5.99. The van der Waals surface area contributed by atoms with Crippen LogP contribution in [0.25, 0.3) is 0 Å². The van der Waals surface area contributed by atoms with E-state index in [0.717, 1.165) is 24.2 Å². The Labute approximate surface area is 104 Å². The van der Waals surface area contributed by atoms with Gasteiger partial charge in [0, 0.05) is 25.3 Å². The highest BCUT2D eigenvalue weighted by atomic mass is 16.2. The summed E-state index contributed by atoms with van der Waals surface area (Å²) in [6.45, 7) is 6.95. The predicted molar refractivity (Wildman–Crippen MR) is 72.5 cm³/mol. The Morgan fingerprint density at radius 1 is 1.35 bits per heavy atom. The Hall–Kier alpha value is -1.51. The summed E-state index contributed by atoms with van der Waals surface area (Å²) in [4.78, 5) is 14.4. The van der Waals surface area contributed by atoms with Crippen molar-refractivity contribution < 1.29 is 4.79 Å².